The van der Waals surface area contributed by atoms with Crippen LogP contribution in [0.15, 0.2) is 24.3 Å². The molecular weight excluding hydrogens is 307 g/mol. The number of rotatable bonds is 2. The van der Waals surface area contributed by atoms with Crippen LogP contribution in [0.3, 0.4) is 0 Å². The lowest BCUT2D eigenvalue weighted by Gasteiger charge is -2.13. The Morgan fingerprint density at radius 3 is 2.73 bits per heavy atom. The van der Waals surface area contributed by atoms with E-state index in [2.05, 4.69) is 22.6 Å². The van der Waals surface area contributed by atoms with Crippen LogP contribution >= 0.6 is 22.6 Å². The molecule has 0 aromatic heterocycles. The summed E-state index contributed by atoms with van der Waals surface area (Å²) in [5.74, 6) is 0. The summed E-state index contributed by atoms with van der Waals surface area (Å²) in [6.07, 6.45) is -0.530. The summed E-state index contributed by atoms with van der Waals surface area (Å²) in [6, 6.07) is 7.94. The molecule has 1 heterocycles. The third-order valence-electron chi connectivity index (χ3n) is 2.66. The molecular formula is C11H13IO3. The molecule has 1 aliphatic heterocycles. The van der Waals surface area contributed by atoms with E-state index in [0.717, 1.165) is 9.13 Å². The van der Waals surface area contributed by atoms with Gasteiger partial charge in [0.1, 0.15) is 6.10 Å². The Kier molecular flexibility index (Phi) is 3.60. The Morgan fingerprint density at radius 2 is 2.13 bits per heavy atom. The highest BCUT2D eigenvalue weighted by atomic mass is 127. The second kappa shape index (κ2) is 4.78. The lowest BCUT2D eigenvalue weighted by atomic mass is 10.1. The first kappa shape index (κ1) is 11.3. The van der Waals surface area contributed by atoms with Gasteiger partial charge in [-0.1, -0.05) is 18.2 Å². The van der Waals surface area contributed by atoms with Crippen LogP contribution in [0.2, 0.25) is 0 Å². The minimum atomic E-state index is -0.559. The van der Waals surface area contributed by atoms with Crippen LogP contribution in [-0.2, 0) is 4.74 Å². The third-order valence-corrected chi connectivity index (χ3v) is 3.64. The number of hydrogen-bond donors (Lipinski definition) is 2. The topological polar surface area (TPSA) is 49.7 Å². The maximum Gasteiger partial charge on any atom is 0.107 e. The van der Waals surface area contributed by atoms with E-state index in [4.69, 9.17) is 9.84 Å². The quantitative estimate of drug-likeness (QED) is 0.812. The summed E-state index contributed by atoms with van der Waals surface area (Å²) in [7, 11) is 0. The monoisotopic (exact) mass is 320 g/mol. The molecule has 1 aliphatic rings. The first-order valence-electron chi connectivity index (χ1n) is 4.91. The highest BCUT2D eigenvalue weighted by Crippen LogP contribution is 2.34. The normalized spacial score (nSPS) is 30.7. The fourth-order valence-corrected chi connectivity index (χ4v) is 2.56. The van der Waals surface area contributed by atoms with Gasteiger partial charge in [-0.05, 0) is 34.2 Å². The SMILES string of the molecule is OC[C@H]1O[C@@H](c2ccccc2I)C[C@@H]1O. The van der Waals surface area contributed by atoms with Crippen molar-refractivity contribution in [1.29, 1.82) is 0 Å². The summed E-state index contributed by atoms with van der Waals surface area (Å²) in [4.78, 5) is 0. The van der Waals surface area contributed by atoms with Gasteiger partial charge < -0.3 is 14.9 Å². The largest absolute Gasteiger partial charge is 0.394 e. The Labute approximate surface area is 102 Å². The standard InChI is InChI=1S/C11H13IO3/c12-8-4-2-1-3-7(8)10-5-9(14)11(6-13)15-10/h1-4,9-11,13-14H,5-6H2/t9-,10+,11+/m0/s1. The number of ether oxygens (including phenoxy) is 1. The molecule has 4 heteroatoms. The van der Waals surface area contributed by atoms with Crippen molar-refractivity contribution in [2.75, 3.05) is 6.61 Å². The fourth-order valence-electron chi connectivity index (χ4n) is 1.83. The zero-order valence-corrected chi connectivity index (χ0v) is 10.3. The van der Waals surface area contributed by atoms with Crippen molar-refractivity contribution < 1.29 is 14.9 Å². The Bertz CT molecular complexity index is 342. The highest BCUT2D eigenvalue weighted by Gasteiger charge is 2.34. The van der Waals surface area contributed by atoms with Gasteiger partial charge in [0.2, 0.25) is 0 Å². The van der Waals surface area contributed by atoms with Crippen molar-refractivity contribution in [3.8, 4) is 0 Å². The van der Waals surface area contributed by atoms with Gasteiger partial charge in [-0.25, -0.2) is 0 Å². The molecule has 3 nitrogen and oxygen atoms in total. The van der Waals surface area contributed by atoms with E-state index in [9.17, 15) is 5.11 Å². The summed E-state index contributed by atoms with van der Waals surface area (Å²) < 4.78 is 6.72. The molecule has 0 spiro atoms. The predicted molar refractivity (Wildman–Crippen MR) is 64.5 cm³/mol. The van der Waals surface area contributed by atoms with E-state index in [-0.39, 0.29) is 12.7 Å². The van der Waals surface area contributed by atoms with Crippen LogP contribution in [0.25, 0.3) is 0 Å². The summed E-state index contributed by atoms with van der Waals surface area (Å²) >= 11 is 2.25. The minimum absolute atomic E-state index is 0.0924. The number of benzene rings is 1. The average molecular weight is 320 g/mol. The number of hydrogen-bond acceptors (Lipinski definition) is 3. The molecule has 82 valence electrons. The van der Waals surface area contributed by atoms with Crippen molar-refractivity contribution in [1.82, 2.24) is 0 Å². The van der Waals surface area contributed by atoms with Crippen molar-refractivity contribution in [2.45, 2.75) is 24.7 Å². The molecule has 15 heavy (non-hydrogen) atoms. The van der Waals surface area contributed by atoms with E-state index in [1.54, 1.807) is 0 Å². The molecule has 2 N–H and O–H groups in total. The van der Waals surface area contributed by atoms with E-state index in [0.29, 0.717) is 6.42 Å². The molecule has 0 amide bonds. The van der Waals surface area contributed by atoms with E-state index < -0.39 is 12.2 Å². The molecule has 0 unspecified atom stereocenters. The van der Waals surface area contributed by atoms with Gasteiger partial charge in [-0.3, -0.25) is 0 Å². The maximum atomic E-state index is 9.62. The lowest BCUT2D eigenvalue weighted by molar-refractivity contribution is -0.0227. The van der Waals surface area contributed by atoms with Crippen LogP contribution in [-0.4, -0.2) is 29.0 Å². The van der Waals surface area contributed by atoms with E-state index in [1.165, 1.54) is 0 Å². The Balaban J connectivity index is 2.17. The molecule has 2 rings (SSSR count). The maximum absolute atomic E-state index is 9.62. The molecule has 1 aromatic carbocycles. The van der Waals surface area contributed by atoms with E-state index in [1.807, 2.05) is 24.3 Å². The zero-order chi connectivity index (χ0) is 10.8. The molecule has 0 radical (unpaired) electrons. The molecule has 0 aliphatic carbocycles. The number of aliphatic hydroxyl groups excluding tert-OH is 2. The predicted octanol–water partition coefficient (Wildman–Crippen LogP) is 1.47. The molecule has 0 bridgehead atoms. The zero-order valence-electron chi connectivity index (χ0n) is 8.14. The third kappa shape index (κ3) is 2.33. The van der Waals surface area contributed by atoms with Crippen LogP contribution in [0.4, 0.5) is 0 Å². The Hall–Kier alpha value is -0.170. The number of halogens is 1. The van der Waals surface area contributed by atoms with Crippen LogP contribution < -0.4 is 0 Å². The number of aliphatic hydroxyl groups is 2. The summed E-state index contributed by atoms with van der Waals surface area (Å²) in [6.45, 7) is -0.124. The van der Waals surface area contributed by atoms with Crippen molar-refractivity contribution in [3.05, 3.63) is 33.4 Å². The average Bonchev–Trinajstić information content (AvgIpc) is 2.60. The van der Waals surface area contributed by atoms with Crippen LogP contribution in [0, 0.1) is 3.57 Å². The highest BCUT2D eigenvalue weighted by molar-refractivity contribution is 14.1. The van der Waals surface area contributed by atoms with Crippen LogP contribution in [0.5, 0.6) is 0 Å². The van der Waals surface area contributed by atoms with Crippen molar-refractivity contribution >= 4 is 22.6 Å². The van der Waals surface area contributed by atoms with Gasteiger partial charge in [0.05, 0.1) is 18.8 Å². The van der Waals surface area contributed by atoms with Gasteiger partial charge in [-0.2, -0.15) is 0 Å². The molecule has 1 fully saturated rings. The smallest absolute Gasteiger partial charge is 0.107 e. The van der Waals surface area contributed by atoms with Crippen LogP contribution in [0.1, 0.15) is 18.1 Å². The summed E-state index contributed by atoms with van der Waals surface area (Å²) in [5.41, 5.74) is 1.09. The van der Waals surface area contributed by atoms with Gasteiger partial charge in [-0.15, -0.1) is 0 Å². The Morgan fingerprint density at radius 1 is 1.40 bits per heavy atom. The van der Waals surface area contributed by atoms with Gasteiger partial charge in [0.15, 0.2) is 0 Å². The minimum Gasteiger partial charge on any atom is -0.394 e. The molecule has 0 saturated carbocycles. The lowest BCUT2D eigenvalue weighted by Crippen LogP contribution is -2.24. The first-order valence-corrected chi connectivity index (χ1v) is 5.99. The second-order valence-corrected chi connectivity index (χ2v) is 4.83. The van der Waals surface area contributed by atoms with E-state index >= 15 is 0 Å². The summed E-state index contributed by atoms with van der Waals surface area (Å²) in [5, 5.41) is 18.6. The van der Waals surface area contributed by atoms with Gasteiger partial charge in [0, 0.05) is 9.99 Å². The van der Waals surface area contributed by atoms with Gasteiger partial charge >= 0.3 is 0 Å². The van der Waals surface area contributed by atoms with Crippen molar-refractivity contribution in [3.63, 3.8) is 0 Å². The van der Waals surface area contributed by atoms with Crippen molar-refractivity contribution in [2.24, 2.45) is 0 Å². The first-order chi connectivity index (χ1) is 7.22. The second-order valence-electron chi connectivity index (χ2n) is 3.67. The fraction of sp³-hybridized carbons (Fsp3) is 0.455. The molecule has 1 saturated heterocycles. The molecule has 1 aromatic rings. The molecule has 3 atom stereocenters. The van der Waals surface area contributed by atoms with Gasteiger partial charge in [0.25, 0.3) is 0 Å².